The first-order chi connectivity index (χ1) is 30.7. The molecule has 0 unspecified atom stereocenters. The highest BCUT2D eigenvalue weighted by Gasteiger charge is 2.15. The number of allylic oxidation sites excluding steroid dienone is 3. The van der Waals surface area contributed by atoms with E-state index in [9.17, 15) is 0 Å². The molecule has 5 aromatic rings. The minimum absolute atomic E-state index is 0.843. The van der Waals surface area contributed by atoms with Crippen LogP contribution in [0.1, 0.15) is 184 Å². The largest absolute Gasteiger partial charge is 0.0696 e. The molecule has 0 radical (unpaired) electrons. The van der Waals surface area contributed by atoms with Gasteiger partial charge in [-0.2, -0.15) is 0 Å². The molecule has 0 N–H and O–H groups in total. The quantitative estimate of drug-likeness (QED) is 0.117. The normalized spacial score (nSPS) is 17.7. The predicted molar refractivity (Wildman–Crippen MR) is 270 cm³/mol. The van der Waals surface area contributed by atoms with Gasteiger partial charge in [0.05, 0.1) is 0 Å². The molecule has 0 bridgehead atoms. The third kappa shape index (κ3) is 11.6. The van der Waals surface area contributed by atoms with Crippen LogP contribution in [0.3, 0.4) is 0 Å². The molecule has 4 aliphatic rings. The summed E-state index contributed by atoms with van der Waals surface area (Å²) in [6.45, 7) is 0. The number of hydrogen-bond donors (Lipinski definition) is 0. The van der Waals surface area contributed by atoms with Crippen LogP contribution >= 0.6 is 0 Å². The van der Waals surface area contributed by atoms with Crippen molar-refractivity contribution in [3.63, 3.8) is 0 Å². The fourth-order valence-corrected chi connectivity index (χ4v) is 10.7. The Morgan fingerprint density at radius 3 is 0.952 bits per heavy atom. The summed E-state index contributed by atoms with van der Waals surface area (Å²) < 4.78 is 0. The summed E-state index contributed by atoms with van der Waals surface area (Å²) >= 11 is 0. The van der Waals surface area contributed by atoms with Gasteiger partial charge in [-0.05, 0) is 168 Å². The lowest BCUT2D eigenvalue weighted by atomic mass is 9.84. The van der Waals surface area contributed by atoms with Crippen molar-refractivity contribution in [2.45, 2.75) is 135 Å². The smallest absolute Gasteiger partial charge is 0.0105 e. The van der Waals surface area contributed by atoms with Gasteiger partial charge < -0.3 is 0 Å². The summed E-state index contributed by atoms with van der Waals surface area (Å²) in [5.41, 5.74) is 20.3. The van der Waals surface area contributed by atoms with Crippen molar-refractivity contribution >= 4 is 41.5 Å². The Bertz CT molecular complexity index is 2270. The standard InChI is InChI=1S/C62H68/c1-5-13-47(14-6-1)41-51-25-33-57(34-26-51)61(58-35-27-52(28-36-58)42-48-15-7-2-8-16-48)45-55-21-23-56(24-22-55)46-62(59-37-29-53(30-38-59)43-49-17-9-3-10-18-49)60-39-31-54(32-40-60)44-50-19-11-4-12-20-50/h21-43,45-46,50H,1-20,44H2. The molecular weight excluding hydrogens is 745 g/mol. The minimum atomic E-state index is 0.843. The fraction of sp³-hybridized carbons (Fsp3) is 0.355. The van der Waals surface area contributed by atoms with Gasteiger partial charge in [0, 0.05) is 0 Å². The van der Waals surface area contributed by atoms with Crippen molar-refractivity contribution in [1.82, 2.24) is 0 Å². The predicted octanol–water partition coefficient (Wildman–Crippen LogP) is 18.0. The van der Waals surface area contributed by atoms with Crippen molar-refractivity contribution in [3.8, 4) is 0 Å². The molecule has 9 rings (SSSR count). The topological polar surface area (TPSA) is 0 Å². The highest BCUT2D eigenvalue weighted by atomic mass is 14.2. The lowest BCUT2D eigenvalue weighted by Crippen LogP contribution is -2.09. The Kier molecular flexibility index (Phi) is 14.4. The second-order valence-corrected chi connectivity index (χ2v) is 19.1. The molecule has 0 aromatic heterocycles. The monoisotopic (exact) mass is 813 g/mol. The highest BCUT2D eigenvalue weighted by molar-refractivity contribution is 5.93. The molecule has 0 heterocycles. The zero-order valence-electron chi connectivity index (χ0n) is 37.4. The molecular formula is C62H68. The van der Waals surface area contributed by atoms with E-state index in [1.165, 1.54) is 202 Å². The molecule has 0 aliphatic heterocycles. The van der Waals surface area contributed by atoms with Gasteiger partial charge in [-0.1, -0.05) is 208 Å². The molecule has 0 saturated heterocycles. The molecule has 0 atom stereocenters. The molecule has 0 heteroatoms. The van der Waals surface area contributed by atoms with Gasteiger partial charge in [0.15, 0.2) is 0 Å². The van der Waals surface area contributed by atoms with Crippen molar-refractivity contribution in [2.75, 3.05) is 0 Å². The third-order valence-electron chi connectivity index (χ3n) is 14.3. The molecule has 0 spiro atoms. The number of rotatable bonds is 11. The molecule has 0 nitrogen and oxygen atoms in total. The fourth-order valence-electron chi connectivity index (χ4n) is 10.7. The molecule has 62 heavy (non-hydrogen) atoms. The van der Waals surface area contributed by atoms with Crippen LogP contribution in [0, 0.1) is 5.92 Å². The van der Waals surface area contributed by atoms with Crippen LogP contribution in [-0.4, -0.2) is 0 Å². The zero-order chi connectivity index (χ0) is 41.8. The van der Waals surface area contributed by atoms with Crippen molar-refractivity contribution < 1.29 is 0 Å². The molecule has 4 aliphatic carbocycles. The Labute approximate surface area is 374 Å². The van der Waals surface area contributed by atoms with E-state index in [1.807, 2.05) is 0 Å². The lowest BCUT2D eigenvalue weighted by molar-refractivity contribution is 0.356. The van der Waals surface area contributed by atoms with Crippen LogP contribution < -0.4 is 0 Å². The maximum Gasteiger partial charge on any atom is -0.0105 e. The first kappa shape index (κ1) is 42.1. The summed E-state index contributed by atoms with van der Waals surface area (Å²) in [6, 6.07) is 46.7. The lowest BCUT2D eigenvalue weighted by Gasteiger charge is -2.21. The summed E-state index contributed by atoms with van der Waals surface area (Å²) in [7, 11) is 0. The maximum atomic E-state index is 2.44. The Morgan fingerprint density at radius 2 is 0.613 bits per heavy atom. The van der Waals surface area contributed by atoms with Crippen LogP contribution in [0.4, 0.5) is 0 Å². The zero-order valence-corrected chi connectivity index (χ0v) is 37.4. The van der Waals surface area contributed by atoms with Gasteiger partial charge >= 0.3 is 0 Å². The van der Waals surface area contributed by atoms with Crippen molar-refractivity contribution in [2.24, 2.45) is 5.92 Å². The van der Waals surface area contributed by atoms with Crippen LogP contribution in [0.15, 0.2) is 138 Å². The SMILES string of the molecule is C(=C1CCCCC1)c1ccc(C(=Cc2ccc(C=C(c3ccc(C=C4CCCCC4)cc3)c3ccc(CC4CCCCC4)cc3)cc2)c2ccc(C=C3CCCCC3)cc2)cc1. The summed E-state index contributed by atoms with van der Waals surface area (Å²) in [6.07, 6.45) is 39.9. The van der Waals surface area contributed by atoms with E-state index < -0.39 is 0 Å². The summed E-state index contributed by atoms with van der Waals surface area (Å²) in [5, 5.41) is 0. The van der Waals surface area contributed by atoms with Crippen molar-refractivity contribution in [3.05, 3.63) is 194 Å². The van der Waals surface area contributed by atoms with Crippen LogP contribution in [0.25, 0.3) is 41.5 Å². The van der Waals surface area contributed by atoms with Gasteiger partial charge in [-0.3, -0.25) is 0 Å². The van der Waals surface area contributed by atoms with E-state index in [-0.39, 0.29) is 0 Å². The third-order valence-corrected chi connectivity index (χ3v) is 14.3. The van der Waals surface area contributed by atoms with E-state index in [2.05, 4.69) is 152 Å². The Morgan fingerprint density at radius 1 is 0.323 bits per heavy atom. The minimum Gasteiger partial charge on any atom is -0.0696 e. The first-order valence-corrected chi connectivity index (χ1v) is 24.7. The Balaban J connectivity index is 1.01. The van der Waals surface area contributed by atoms with E-state index in [0.29, 0.717) is 0 Å². The van der Waals surface area contributed by atoms with Crippen LogP contribution in [0.2, 0.25) is 0 Å². The molecule has 5 aromatic carbocycles. The molecule has 4 fully saturated rings. The van der Waals surface area contributed by atoms with Gasteiger partial charge in [0.25, 0.3) is 0 Å². The van der Waals surface area contributed by atoms with Crippen LogP contribution in [0.5, 0.6) is 0 Å². The van der Waals surface area contributed by atoms with E-state index >= 15 is 0 Å². The maximum absolute atomic E-state index is 2.44. The molecule has 0 amide bonds. The number of hydrogen-bond acceptors (Lipinski definition) is 0. The number of benzene rings is 5. The second kappa shape index (κ2) is 21.3. The highest BCUT2D eigenvalue weighted by Crippen LogP contribution is 2.34. The molecule has 316 valence electrons. The van der Waals surface area contributed by atoms with Gasteiger partial charge in [-0.25, -0.2) is 0 Å². The van der Waals surface area contributed by atoms with E-state index in [4.69, 9.17) is 0 Å². The second-order valence-electron chi connectivity index (χ2n) is 19.1. The average molecular weight is 813 g/mol. The van der Waals surface area contributed by atoms with E-state index in [0.717, 1.165) is 5.92 Å². The molecule has 4 saturated carbocycles. The summed E-state index contributed by atoms with van der Waals surface area (Å²) in [4.78, 5) is 0. The van der Waals surface area contributed by atoms with E-state index in [1.54, 1.807) is 16.7 Å². The van der Waals surface area contributed by atoms with Crippen LogP contribution in [-0.2, 0) is 6.42 Å². The van der Waals surface area contributed by atoms with Gasteiger partial charge in [-0.15, -0.1) is 0 Å². The van der Waals surface area contributed by atoms with Gasteiger partial charge in [0.1, 0.15) is 0 Å². The van der Waals surface area contributed by atoms with Gasteiger partial charge in [0.2, 0.25) is 0 Å². The first-order valence-electron chi connectivity index (χ1n) is 24.7. The average Bonchev–Trinajstić information content (AvgIpc) is 3.33. The Hall–Kier alpha value is -5.20. The van der Waals surface area contributed by atoms with Crippen molar-refractivity contribution in [1.29, 1.82) is 0 Å². The summed E-state index contributed by atoms with van der Waals surface area (Å²) in [5.74, 6) is 0.843.